The summed E-state index contributed by atoms with van der Waals surface area (Å²) in [4.78, 5) is 25.1. The molecule has 4 rings (SSSR count). The number of thioether (sulfide) groups is 1. The van der Waals surface area contributed by atoms with Gasteiger partial charge < -0.3 is 24.5 Å². The molecular weight excluding hydrogens is 483 g/mol. The molecule has 0 bridgehead atoms. The van der Waals surface area contributed by atoms with Crippen LogP contribution >= 0.6 is 11.8 Å². The van der Waals surface area contributed by atoms with Gasteiger partial charge in [-0.2, -0.15) is 0 Å². The van der Waals surface area contributed by atoms with Crippen LogP contribution in [0.3, 0.4) is 0 Å². The third kappa shape index (κ3) is 5.44. The largest absolute Gasteiger partial charge is 0.493 e. The highest BCUT2D eigenvalue weighted by molar-refractivity contribution is 7.98. The van der Waals surface area contributed by atoms with Crippen LogP contribution in [0.5, 0.6) is 17.2 Å². The second-order valence-electron chi connectivity index (χ2n) is 7.66. The number of aromatic amines is 1. The van der Waals surface area contributed by atoms with Crippen molar-refractivity contribution in [1.29, 1.82) is 0 Å². The predicted octanol–water partition coefficient (Wildman–Crippen LogP) is 5.21. The number of anilines is 1. The summed E-state index contributed by atoms with van der Waals surface area (Å²) in [5, 5.41) is 3.55. The van der Waals surface area contributed by atoms with Gasteiger partial charge in [-0.3, -0.25) is 4.79 Å². The van der Waals surface area contributed by atoms with E-state index in [-0.39, 0.29) is 18.1 Å². The zero-order valence-corrected chi connectivity index (χ0v) is 21.0. The van der Waals surface area contributed by atoms with Crippen molar-refractivity contribution in [3.63, 3.8) is 0 Å². The lowest BCUT2D eigenvalue weighted by atomic mass is 10.1. The third-order valence-electron chi connectivity index (χ3n) is 5.40. The third-order valence-corrected chi connectivity index (χ3v) is 5.98. The molecule has 0 aliphatic carbocycles. The molecule has 0 atom stereocenters. The maximum Gasteiger partial charge on any atom is 0.229 e. The van der Waals surface area contributed by atoms with Gasteiger partial charge in [-0.25, -0.2) is 14.4 Å². The van der Waals surface area contributed by atoms with Gasteiger partial charge in [0, 0.05) is 17.3 Å². The quantitative estimate of drug-likeness (QED) is 0.300. The van der Waals surface area contributed by atoms with Crippen molar-refractivity contribution in [1.82, 2.24) is 15.0 Å². The van der Waals surface area contributed by atoms with E-state index in [2.05, 4.69) is 20.3 Å². The Hall–Kier alpha value is -4.05. The van der Waals surface area contributed by atoms with Crippen LogP contribution in [0.1, 0.15) is 5.56 Å². The lowest BCUT2D eigenvalue weighted by molar-refractivity contribution is -0.115. The van der Waals surface area contributed by atoms with Crippen LogP contribution in [-0.2, 0) is 11.2 Å². The van der Waals surface area contributed by atoms with Crippen molar-refractivity contribution in [2.24, 2.45) is 0 Å². The molecule has 2 aromatic heterocycles. The molecule has 0 aliphatic heterocycles. The van der Waals surface area contributed by atoms with Crippen LogP contribution in [0.15, 0.2) is 59.9 Å². The molecule has 0 unspecified atom stereocenters. The van der Waals surface area contributed by atoms with Crippen molar-refractivity contribution in [3.05, 3.63) is 66.1 Å². The van der Waals surface area contributed by atoms with Crippen molar-refractivity contribution >= 4 is 23.5 Å². The number of hydrogen-bond acceptors (Lipinski definition) is 7. The second-order valence-corrected chi connectivity index (χ2v) is 8.46. The molecule has 4 aromatic rings. The molecule has 2 heterocycles. The Bertz CT molecular complexity index is 1350. The van der Waals surface area contributed by atoms with E-state index in [1.54, 1.807) is 36.5 Å². The smallest absolute Gasteiger partial charge is 0.229 e. The molecule has 0 radical (unpaired) electrons. The number of pyridine rings is 1. The lowest BCUT2D eigenvalue weighted by Crippen LogP contribution is -2.15. The van der Waals surface area contributed by atoms with Crippen LogP contribution in [0, 0.1) is 5.82 Å². The Morgan fingerprint density at radius 3 is 2.31 bits per heavy atom. The van der Waals surface area contributed by atoms with Gasteiger partial charge in [0.15, 0.2) is 16.7 Å². The molecule has 1 amide bonds. The van der Waals surface area contributed by atoms with Crippen molar-refractivity contribution in [3.8, 4) is 39.8 Å². The first-order chi connectivity index (χ1) is 17.4. The van der Waals surface area contributed by atoms with E-state index in [4.69, 9.17) is 14.2 Å². The normalized spacial score (nSPS) is 10.7. The second kappa shape index (κ2) is 11.1. The Morgan fingerprint density at radius 2 is 1.69 bits per heavy atom. The standard InChI is InChI=1S/C26H25FN4O4S/c1-33-19-11-15(12-20(34-2)25(19)35-3)13-22(32)29-21-14-17(9-10-28-21)24-23(30-26(31-24)36-4)16-5-7-18(27)8-6-16/h5-12,14H,13H2,1-4H3,(H,30,31)(H,28,29,32). The molecule has 10 heteroatoms. The fourth-order valence-corrected chi connectivity index (χ4v) is 4.13. The average molecular weight is 509 g/mol. The molecule has 0 saturated carbocycles. The van der Waals surface area contributed by atoms with E-state index in [0.717, 1.165) is 16.8 Å². The number of carbonyl (C=O) groups excluding carboxylic acids is 1. The van der Waals surface area contributed by atoms with Gasteiger partial charge in [-0.15, -0.1) is 0 Å². The van der Waals surface area contributed by atoms with Gasteiger partial charge in [-0.1, -0.05) is 11.8 Å². The van der Waals surface area contributed by atoms with Crippen LogP contribution < -0.4 is 19.5 Å². The Kier molecular flexibility index (Phi) is 7.74. The van der Waals surface area contributed by atoms with Crippen LogP contribution in [0.2, 0.25) is 0 Å². The van der Waals surface area contributed by atoms with Gasteiger partial charge in [0.2, 0.25) is 11.7 Å². The first-order valence-electron chi connectivity index (χ1n) is 10.9. The maximum atomic E-state index is 13.5. The van der Waals surface area contributed by atoms with E-state index in [9.17, 15) is 9.18 Å². The molecule has 36 heavy (non-hydrogen) atoms. The first kappa shape index (κ1) is 25.1. The zero-order valence-electron chi connectivity index (χ0n) is 20.2. The molecular formula is C26H25FN4O4S. The topological polar surface area (TPSA) is 98.4 Å². The van der Waals surface area contributed by atoms with Crippen molar-refractivity contribution < 1.29 is 23.4 Å². The summed E-state index contributed by atoms with van der Waals surface area (Å²) in [7, 11) is 4.57. The van der Waals surface area contributed by atoms with E-state index in [0.29, 0.717) is 39.5 Å². The van der Waals surface area contributed by atoms with Gasteiger partial charge in [0.05, 0.1) is 39.1 Å². The van der Waals surface area contributed by atoms with Gasteiger partial charge >= 0.3 is 0 Å². The van der Waals surface area contributed by atoms with Crippen LogP contribution in [0.25, 0.3) is 22.5 Å². The minimum atomic E-state index is -0.314. The highest BCUT2D eigenvalue weighted by Crippen LogP contribution is 2.38. The fraction of sp³-hybridized carbons (Fsp3) is 0.192. The molecule has 0 saturated heterocycles. The molecule has 0 aliphatic rings. The Morgan fingerprint density at radius 1 is 1.00 bits per heavy atom. The zero-order chi connectivity index (χ0) is 25.7. The Balaban J connectivity index is 1.58. The number of nitrogens with one attached hydrogen (secondary N) is 2. The molecule has 0 fully saturated rings. The number of carbonyl (C=O) groups is 1. The number of benzene rings is 2. The molecule has 8 nitrogen and oxygen atoms in total. The van der Waals surface area contributed by atoms with Crippen LogP contribution in [0.4, 0.5) is 10.2 Å². The number of amides is 1. The van der Waals surface area contributed by atoms with Gasteiger partial charge in [-0.05, 0) is 60.4 Å². The number of aromatic nitrogens is 3. The highest BCUT2D eigenvalue weighted by atomic mass is 32.2. The van der Waals surface area contributed by atoms with Gasteiger partial charge in [0.1, 0.15) is 11.6 Å². The summed E-state index contributed by atoms with van der Waals surface area (Å²) >= 11 is 1.47. The number of imidazole rings is 1. The first-order valence-corrected chi connectivity index (χ1v) is 12.1. The van der Waals surface area contributed by atoms with Crippen LogP contribution in [-0.4, -0.2) is 48.4 Å². The molecule has 2 N–H and O–H groups in total. The minimum Gasteiger partial charge on any atom is -0.493 e. The van der Waals surface area contributed by atoms with Gasteiger partial charge in [0.25, 0.3) is 0 Å². The number of ether oxygens (including phenoxy) is 3. The summed E-state index contributed by atoms with van der Waals surface area (Å²) in [6.07, 6.45) is 3.59. The molecule has 2 aromatic carbocycles. The fourth-order valence-electron chi connectivity index (χ4n) is 3.74. The summed E-state index contributed by atoms with van der Waals surface area (Å²) in [5.41, 5.74) is 3.66. The van der Waals surface area contributed by atoms with E-state index >= 15 is 0 Å². The van der Waals surface area contributed by atoms with E-state index in [1.165, 1.54) is 45.2 Å². The maximum absolute atomic E-state index is 13.5. The van der Waals surface area contributed by atoms with Crippen molar-refractivity contribution in [2.75, 3.05) is 32.9 Å². The predicted molar refractivity (Wildman–Crippen MR) is 137 cm³/mol. The summed E-state index contributed by atoms with van der Waals surface area (Å²) < 4.78 is 29.5. The summed E-state index contributed by atoms with van der Waals surface area (Å²) in [5.74, 6) is 1.20. The number of rotatable bonds is 9. The summed E-state index contributed by atoms with van der Waals surface area (Å²) in [6.45, 7) is 0. The number of methoxy groups -OCH3 is 3. The van der Waals surface area contributed by atoms with E-state index in [1.807, 2.05) is 12.3 Å². The molecule has 0 spiro atoms. The average Bonchev–Trinajstić information content (AvgIpc) is 3.33. The number of H-pyrrole nitrogens is 1. The lowest BCUT2D eigenvalue weighted by Gasteiger charge is -2.14. The van der Waals surface area contributed by atoms with E-state index < -0.39 is 0 Å². The minimum absolute atomic E-state index is 0.0719. The SMILES string of the molecule is COc1cc(CC(=O)Nc2cc(-c3nc(SC)[nH]c3-c3ccc(F)cc3)ccn2)cc(OC)c1OC. The highest BCUT2D eigenvalue weighted by Gasteiger charge is 2.17. The number of hydrogen-bond donors (Lipinski definition) is 2. The summed E-state index contributed by atoms with van der Waals surface area (Å²) in [6, 6.07) is 13.2. The molecule has 186 valence electrons. The Labute approximate surface area is 212 Å². The number of halogens is 1. The van der Waals surface area contributed by atoms with Crippen molar-refractivity contribution in [2.45, 2.75) is 11.6 Å². The number of nitrogens with zero attached hydrogens (tertiary/aromatic N) is 2. The monoisotopic (exact) mass is 508 g/mol.